The maximum Gasteiger partial charge on any atom is 0.239 e. The Kier molecular flexibility index (Phi) is 3.38. The molecule has 0 aliphatic heterocycles. The van der Waals surface area contributed by atoms with Gasteiger partial charge >= 0.3 is 0 Å². The van der Waals surface area contributed by atoms with Crippen LogP contribution in [0.4, 0.5) is 21.8 Å². The fourth-order valence-corrected chi connectivity index (χ4v) is 1.59. The minimum atomic E-state index is -0.268. The van der Waals surface area contributed by atoms with Gasteiger partial charge in [-0.3, -0.25) is 5.43 Å². The van der Waals surface area contributed by atoms with Gasteiger partial charge in [0.25, 0.3) is 0 Å². The molecule has 0 saturated carbocycles. The van der Waals surface area contributed by atoms with Crippen LogP contribution in [0.3, 0.4) is 0 Å². The molecule has 0 aliphatic carbocycles. The molecule has 6 heteroatoms. The molecule has 0 saturated heterocycles. The molecule has 3 N–H and O–H groups in total. The van der Waals surface area contributed by atoms with Crippen molar-refractivity contribution >= 4 is 17.5 Å². The lowest BCUT2D eigenvalue weighted by molar-refractivity contribution is 0.628. The number of nitrogen functional groups attached to an aromatic ring is 1. The van der Waals surface area contributed by atoms with Crippen LogP contribution in [0.5, 0.6) is 0 Å². The van der Waals surface area contributed by atoms with Crippen LogP contribution in [-0.2, 0) is 0 Å². The number of nitrogens with one attached hydrogen (secondary N) is 1. The van der Waals surface area contributed by atoms with E-state index in [-0.39, 0.29) is 5.82 Å². The van der Waals surface area contributed by atoms with Crippen molar-refractivity contribution in [1.82, 2.24) is 9.97 Å². The molecule has 2 rings (SSSR count). The fourth-order valence-electron chi connectivity index (χ4n) is 1.59. The van der Waals surface area contributed by atoms with Crippen molar-refractivity contribution in [3.8, 4) is 0 Å². The van der Waals surface area contributed by atoms with E-state index in [2.05, 4.69) is 15.4 Å². The highest BCUT2D eigenvalue weighted by molar-refractivity contribution is 5.60. The number of benzene rings is 1. The fraction of sp³-hybridized carbons (Fsp3) is 0.167. The molecule has 0 amide bonds. The summed E-state index contributed by atoms with van der Waals surface area (Å²) in [6, 6.07) is 8.00. The Morgan fingerprint density at radius 1 is 1.22 bits per heavy atom. The first kappa shape index (κ1) is 12.3. The van der Waals surface area contributed by atoms with Crippen molar-refractivity contribution < 1.29 is 4.39 Å². The molecule has 18 heavy (non-hydrogen) atoms. The second-order valence-electron chi connectivity index (χ2n) is 3.87. The average Bonchev–Trinajstić information content (AvgIpc) is 2.38. The number of hydrogen-bond donors (Lipinski definition) is 2. The standard InChI is InChI=1S/C12H14FN5/c1-8-7-11(16-12(15-8)17-14)18(2)10-5-3-9(13)4-6-10/h3-7H,14H2,1-2H3,(H,15,16,17). The third kappa shape index (κ3) is 2.54. The molecule has 2 aromatic rings. The van der Waals surface area contributed by atoms with Crippen molar-refractivity contribution in [3.05, 3.63) is 41.8 Å². The summed E-state index contributed by atoms with van der Waals surface area (Å²) >= 11 is 0. The van der Waals surface area contributed by atoms with Gasteiger partial charge in [0.1, 0.15) is 11.6 Å². The summed E-state index contributed by atoms with van der Waals surface area (Å²) in [5.41, 5.74) is 4.04. The Hall–Kier alpha value is -2.21. The van der Waals surface area contributed by atoms with E-state index in [9.17, 15) is 4.39 Å². The first-order chi connectivity index (χ1) is 8.60. The second kappa shape index (κ2) is 4.97. The zero-order chi connectivity index (χ0) is 13.1. The summed E-state index contributed by atoms with van der Waals surface area (Å²) in [5, 5.41) is 0. The smallest absolute Gasteiger partial charge is 0.239 e. The number of hydrogen-bond acceptors (Lipinski definition) is 5. The van der Waals surface area contributed by atoms with Crippen molar-refractivity contribution in [2.45, 2.75) is 6.92 Å². The van der Waals surface area contributed by atoms with Gasteiger partial charge in [-0.15, -0.1) is 0 Å². The normalized spacial score (nSPS) is 10.2. The Bertz CT molecular complexity index is 541. The highest BCUT2D eigenvalue weighted by atomic mass is 19.1. The first-order valence-corrected chi connectivity index (χ1v) is 5.42. The number of anilines is 3. The van der Waals surface area contributed by atoms with E-state index in [1.807, 2.05) is 24.9 Å². The van der Waals surface area contributed by atoms with Crippen LogP contribution in [0.25, 0.3) is 0 Å². The average molecular weight is 247 g/mol. The third-order valence-electron chi connectivity index (χ3n) is 2.53. The summed E-state index contributed by atoms with van der Waals surface area (Å²) in [4.78, 5) is 10.2. The predicted octanol–water partition coefficient (Wildman–Crippen LogP) is 1.98. The Labute approximate surface area is 104 Å². The van der Waals surface area contributed by atoms with Crippen LogP contribution >= 0.6 is 0 Å². The maximum absolute atomic E-state index is 12.9. The summed E-state index contributed by atoms with van der Waals surface area (Å²) in [7, 11) is 1.84. The van der Waals surface area contributed by atoms with E-state index < -0.39 is 0 Å². The lowest BCUT2D eigenvalue weighted by Crippen LogP contribution is -2.16. The van der Waals surface area contributed by atoms with Gasteiger partial charge in [-0.2, -0.15) is 4.98 Å². The Morgan fingerprint density at radius 2 is 1.89 bits per heavy atom. The molecular weight excluding hydrogens is 233 g/mol. The molecule has 0 aliphatic rings. The molecule has 0 radical (unpaired) electrons. The van der Waals surface area contributed by atoms with E-state index in [0.717, 1.165) is 11.4 Å². The van der Waals surface area contributed by atoms with Gasteiger partial charge in [-0.25, -0.2) is 15.2 Å². The van der Waals surface area contributed by atoms with Crippen LogP contribution in [0, 0.1) is 12.7 Å². The molecule has 1 aromatic heterocycles. The summed E-state index contributed by atoms with van der Waals surface area (Å²) < 4.78 is 12.9. The zero-order valence-electron chi connectivity index (χ0n) is 10.2. The second-order valence-corrected chi connectivity index (χ2v) is 3.87. The first-order valence-electron chi connectivity index (χ1n) is 5.42. The molecule has 5 nitrogen and oxygen atoms in total. The molecular formula is C12H14FN5. The van der Waals surface area contributed by atoms with Gasteiger partial charge in [0.05, 0.1) is 0 Å². The molecule has 0 bridgehead atoms. The van der Waals surface area contributed by atoms with Gasteiger partial charge in [0.15, 0.2) is 0 Å². The number of aryl methyl sites for hydroxylation is 1. The van der Waals surface area contributed by atoms with E-state index in [1.54, 1.807) is 12.1 Å². The van der Waals surface area contributed by atoms with Gasteiger partial charge in [-0.1, -0.05) is 0 Å². The summed E-state index contributed by atoms with van der Waals surface area (Å²) in [6.07, 6.45) is 0. The van der Waals surface area contributed by atoms with Gasteiger partial charge in [0, 0.05) is 24.5 Å². The largest absolute Gasteiger partial charge is 0.329 e. The number of rotatable bonds is 3. The number of aromatic nitrogens is 2. The minimum Gasteiger partial charge on any atom is -0.329 e. The Morgan fingerprint density at radius 3 is 2.50 bits per heavy atom. The van der Waals surface area contributed by atoms with Crippen LogP contribution < -0.4 is 16.2 Å². The van der Waals surface area contributed by atoms with Gasteiger partial charge in [0.2, 0.25) is 5.95 Å². The van der Waals surface area contributed by atoms with Gasteiger partial charge < -0.3 is 4.90 Å². The van der Waals surface area contributed by atoms with E-state index in [0.29, 0.717) is 11.8 Å². The number of nitrogens with zero attached hydrogens (tertiary/aromatic N) is 3. The van der Waals surface area contributed by atoms with Crippen molar-refractivity contribution in [3.63, 3.8) is 0 Å². The molecule has 94 valence electrons. The number of halogens is 1. The minimum absolute atomic E-state index is 0.268. The lowest BCUT2D eigenvalue weighted by atomic mass is 10.3. The topological polar surface area (TPSA) is 67.1 Å². The quantitative estimate of drug-likeness (QED) is 0.641. The predicted molar refractivity (Wildman–Crippen MR) is 69.0 cm³/mol. The molecule has 1 aromatic carbocycles. The van der Waals surface area contributed by atoms with Crippen molar-refractivity contribution in [2.24, 2.45) is 5.84 Å². The highest BCUT2D eigenvalue weighted by Gasteiger charge is 2.08. The van der Waals surface area contributed by atoms with E-state index >= 15 is 0 Å². The third-order valence-corrected chi connectivity index (χ3v) is 2.53. The van der Waals surface area contributed by atoms with Crippen LogP contribution in [0.2, 0.25) is 0 Å². The van der Waals surface area contributed by atoms with Crippen LogP contribution in [0.15, 0.2) is 30.3 Å². The monoisotopic (exact) mass is 247 g/mol. The van der Waals surface area contributed by atoms with Crippen LogP contribution in [-0.4, -0.2) is 17.0 Å². The van der Waals surface area contributed by atoms with Crippen molar-refractivity contribution in [2.75, 3.05) is 17.4 Å². The molecule has 0 fully saturated rings. The maximum atomic E-state index is 12.9. The summed E-state index contributed by atoms with van der Waals surface area (Å²) in [5.74, 6) is 6.06. The lowest BCUT2D eigenvalue weighted by Gasteiger charge is -2.19. The molecule has 1 heterocycles. The SMILES string of the molecule is Cc1cc(N(C)c2ccc(F)cc2)nc(NN)n1. The van der Waals surface area contributed by atoms with Crippen LogP contribution in [0.1, 0.15) is 5.69 Å². The number of nitrogens with two attached hydrogens (primary N) is 1. The summed E-state index contributed by atoms with van der Waals surface area (Å²) in [6.45, 7) is 1.85. The Balaban J connectivity index is 2.35. The van der Waals surface area contributed by atoms with Gasteiger partial charge in [-0.05, 0) is 31.2 Å². The van der Waals surface area contributed by atoms with Crippen molar-refractivity contribution in [1.29, 1.82) is 0 Å². The zero-order valence-corrected chi connectivity index (χ0v) is 10.2. The molecule has 0 spiro atoms. The van der Waals surface area contributed by atoms with E-state index in [4.69, 9.17) is 5.84 Å². The van der Waals surface area contributed by atoms with E-state index in [1.165, 1.54) is 12.1 Å². The molecule has 0 atom stereocenters. The number of hydrazine groups is 1. The molecule has 0 unspecified atom stereocenters. The highest BCUT2D eigenvalue weighted by Crippen LogP contribution is 2.22.